The average molecular weight is 359 g/mol. The highest BCUT2D eigenvalue weighted by molar-refractivity contribution is 7.11. The van der Waals surface area contributed by atoms with Crippen LogP contribution in [0.5, 0.6) is 0 Å². The third-order valence-electron chi connectivity index (χ3n) is 4.38. The van der Waals surface area contributed by atoms with Gasteiger partial charge >= 0.3 is 6.09 Å². The summed E-state index contributed by atoms with van der Waals surface area (Å²) in [4.78, 5) is 19.9. The van der Waals surface area contributed by atoms with E-state index in [0.29, 0.717) is 6.42 Å². The van der Waals surface area contributed by atoms with Crippen LogP contribution < -0.4 is 0 Å². The van der Waals surface area contributed by atoms with Gasteiger partial charge in [-0.1, -0.05) is 30.3 Å². The summed E-state index contributed by atoms with van der Waals surface area (Å²) in [6, 6.07) is 10.4. The number of rotatable bonds is 5. The van der Waals surface area contributed by atoms with E-state index in [4.69, 9.17) is 4.74 Å². The van der Waals surface area contributed by atoms with E-state index < -0.39 is 5.60 Å². The Balaban J connectivity index is 1.56. The molecule has 0 spiro atoms. The van der Waals surface area contributed by atoms with Crippen LogP contribution in [0.15, 0.2) is 36.5 Å². The van der Waals surface area contributed by atoms with Gasteiger partial charge in [-0.3, -0.25) is 0 Å². The van der Waals surface area contributed by atoms with E-state index in [-0.39, 0.29) is 6.09 Å². The van der Waals surface area contributed by atoms with Gasteiger partial charge in [0, 0.05) is 37.0 Å². The van der Waals surface area contributed by atoms with Crippen molar-refractivity contribution < 1.29 is 9.53 Å². The van der Waals surface area contributed by atoms with Gasteiger partial charge in [-0.05, 0) is 38.7 Å². The summed E-state index contributed by atoms with van der Waals surface area (Å²) in [6.45, 7) is 5.56. The number of carbonyl (C=O) groups excluding carboxylic acids is 1. The largest absolute Gasteiger partial charge is 0.443 e. The molecular weight excluding hydrogens is 332 g/mol. The number of benzene rings is 1. The standard InChI is InChI=1S/C20H26N2O2S/c1-20(2,24-19(23)22-11-7-4-8-12-22)14-18-21-15-17(25-18)13-16-9-5-3-6-10-16/h3,5-6,9-10,15H,4,7-8,11-14H2,1-2H3. The lowest BCUT2D eigenvalue weighted by Gasteiger charge is -2.31. The number of thiazole rings is 1. The van der Waals surface area contributed by atoms with E-state index in [1.54, 1.807) is 11.3 Å². The summed E-state index contributed by atoms with van der Waals surface area (Å²) in [5.74, 6) is 0. The first-order valence-corrected chi connectivity index (χ1v) is 9.79. The molecule has 0 bridgehead atoms. The van der Waals surface area contributed by atoms with Crippen LogP contribution in [-0.4, -0.2) is 34.7 Å². The van der Waals surface area contributed by atoms with Crippen LogP contribution in [0.3, 0.4) is 0 Å². The number of hydrogen-bond donors (Lipinski definition) is 0. The molecule has 1 saturated heterocycles. The second kappa shape index (κ2) is 8.00. The quantitative estimate of drug-likeness (QED) is 0.779. The third kappa shape index (κ3) is 5.30. The minimum Gasteiger partial charge on any atom is -0.443 e. The highest BCUT2D eigenvalue weighted by Crippen LogP contribution is 2.24. The van der Waals surface area contributed by atoms with E-state index in [1.807, 2.05) is 31.0 Å². The zero-order chi connectivity index (χ0) is 17.7. The summed E-state index contributed by atoms with van der Waals surface area (Å²) < 4.78 is 5.76. The van der Waals surface area contributed by atoms with Crippen molar-refractivity contribution in [2.75, 3.05) is 13.1 Å². The molecule has 3 rings (SSSR count). The molecule has 0 N–H and O–H groups in total. The molecule has 1 amide bonds. The maximum absolute atomic E-state index is 12.3. The fourth-order valence-corrected chi connectivity index (χ4v) is 4.26. The number of hydrogen-bond acceptors (Lipinski definition) is 4. The first kappa shape index (κ1) is 17.9. The number of nitrogens with zero attached hydrogens (tertiary/aromatic N) is 2. The van der Waals surface area contributed by atoms with Gasteiger partial charge in [0.05, 0.1) is 5.01 Å². The molecule has 1 aliphatic rings. The predicted octanol–water partition coefficient (Wildman–Crippen LogP) is 4.68. The number of likely N-dealkylation sites (tertiary alicyclic amines) is 1. The number of ether oxygens (including phenoxy) is 1. The summed E-state index contributed by atoms with van der Waals surface area (Å²) in [5.41, 5.74) is 0.740. The third-order valence-corrected chi connectivity index (χ3v) is 5.37. The monoisotopic (exact) mass is 358 g/mol. The predicted molar refractivity (Wildman–Crippen MR) is 101 cm³/mol. The van der Waals surface area contributed by atoms with Crippen molar-refractivity contribution >= 4 is 17.4 Å². The Morgan fingerprint density at radius 3 is 2.64 bits per heavy atom. The Labute approximate surface area is 153 Å². The first-order valence-electron chi connectivity index (χ1n) is 8.97. The van der Waals surface area contributed by atoms with Crippen LogP contribution in [0.1, 0.15) is 48.6 Å². The van der Waals surface area contributed by atoms with E-state index in [9.17, 15) is 4.79 Å². The molecule has 1 aromatic heterocycles. The Bertz CT molecular complexity index is 691. The van der Waals surface area contributed by atoms with Gasteiger partial charge in [0.15, 0.2) is 0 Å². The van der Waals surface area contributed by atoms with Gasteiger partial charge in [-0.25, -0.2) is 9.78 Å². The van der Waals surface area contributed by atoms with Crippen LogP contribution >= 0.6 is 11.3 Å². The SMILES string of the molecule is CC(C)(Cc1ncc(Cc2ccccc2)s1)OC(=O)N1CCCCC1. The van der Waals surface area contributed by atoms with Crippen molar-refractivity contribution in [2.45, 2.75) is 51.6 Å². The minimum absolute atomic E-state index is 0.189. The van der Waals surface area contributed by atoms with E-state index >= 15 is 0 Å². The molecule has 134 valence electrons. The molecule has 0 atom stereocenters. The van der Waals surface area contributed by atoms with Crippen LogP contribution in [0.4, 0.5) is 4.79 Å². The van der Waals surface area contributed by atoms with Crippen LogP contribution in [0.2, 0.25) is 0 Å². The molecule has 4 nitrogen and oxygen atoms in total. The topological polar surface area (TPSA) is 42.4 Å². The maximum Gasteiger partial charge on any atom is 0.410 e. The summed E-state index contributed by atoms with van der Waals surface area (Å²) in [6.07, 6.45) is 6.64. The molecule has 25 heavy (non-hydrogen) atoms. The highest BCUT2D eigenvalue weighted by Gasteiger charge is 2.28. The average Bonchev–Trinajstić information content (AvgIpc) is 3.02. The van der Waals surface area contributed by atoms with E-state index in [0.717, 1.165) is 37.4 Å². The smallest absolute Gasteiger partial charge is 0.410 e. The fraction of sp³-hybridized carbons (Fsp3) is 0.500. The van der Waals surface area contributed by atoms with Crippen molar-refractivity contribution in [3.8, 4) is 0 Å². The molecular formula is C20H26N2O2S. The van der Waals surface area contributed by atoms with Crippen molar-refractivity contribution in [2.24, 2.45) is 0 Å². The number of carbonyl (C=O) groups is 1. The van der Waals surface area contributed by atoms with Gasteiger partial charge in [-0.15, -0.1) is 11.3 Å². The zero-order valence-corrected chi connectivity index (χ0v) is 15.8. The lowest BCUT2D eigenvalue weighted by atomic mass is 10.1. The molecule has 1 aliphatic heterocycles. The molecule has 0 radical (unpaired) electrons. The maximum atomic E-state index is 12.3. The van der Waals surface area contributed by atoms with Crippen LogP contribution in [0, 0.1) is 0 Å². The van der Waals surface area contributed by atoms with Crippen molar-refractivity contribution in [1.82, 2.24) is 9.88 Å². The van der Waals surface area contributed by atoms with Gasteiger partial charge in [0.25, 0.3) is 0 Å². The minimum atomic E-state index is -0.545. The van der Waals surface area contributed by atoms with Gasteiger partial charge in [0.1, 0.15) is 5.60 Å². The Morgan fingerprint density at radius 2 is 1.92 bits per heavy atom. The second-order valence-corrected chi connectivity index (χ2v) is 8.43. The zero-order valence-electron chi connectivity index (χ0n) is 15.0. The van der Waals surface area contributed by atoms with Crippen molar-refractivity contribution in [3.63, 3.8) is 0 Å². The van der Waals surface area contributed by atoms with Crippen molar-refractivity contribution in [1.29, 1.82) is 0 Å². The molecule has 1 fully saturated rings. The molecule has 2 aromatic rings. The Morgan fingerprint density at radius 1 is 1.20 bits per heavy atom. The summed E-state index contributed by atoms with van der Waals surface area (Å²) >= 11 is 1.70. The second-order valence-electron chi connectivity index (χ2n) is 7.23. The van der Waals surface area contributed by atoms with Gasteiger partial charge < -0.3 is 9.64 Å². The molecule has 2 heterocycles. The normalized spacial score (nSPS) is 15.2. The van der Waals surface area contributed by atoms with Crippen LogP contribution in [0.25, 0.3) is 0 Å². The van der Waals surface area contributed by atoms with Gasteiger partial charge in [-0.2, -0.15) is 0 Å². The Hall–Kier alpha value is -1.88. The number of aromatic nitrogens is 1. The van der Waals surface area contributed by atoms with Gasteiger partial charge in [0.2, 0.25) is 0 Å². The summed E-state index contributed by atoms with van der Waals surface area (Å²) in [5, 5.41) is 1.02. The molecule has 0 unspecified atom stereocenters. The Kier molecular flexibility index (Phi) is 5.74. The van der Waals surface area contributed by atoms with E-state index in [2.05, 4.69) is 29.2 Å². The van der Waals surface area contributed by atoms with Crippen LogP contribution in [-0.2, 0) is 17.6 Å². The van der Waals surface area contributed by atoms with Crippen molar-refractivity contribution in [3.05, 3.63) is 52.0 Å². The first-order chi connectivity index (χ1) is 12.0. The lowest BCUT2D eigenvalue weighted by Crippen LogP contribution is -2.41. The molecule has 1 aromatic carbocycles. The molecule has 0 aliphatic carbocycles. The molecule has 0 saturated carbocycles. The fourth-order valence-electron chi connectivity index (χ4n) is 3.09. The highest BCUT2D eigenvalue weighted by atomic mass is 32.1. The number of piperidine rings is 1. The lowest BCUT2D eigenvalue weighted by molar-refractivity contribution is 0.0108. The summed E-state index contributed by atoms with van der Waals surface area (Å²) in [7, 11) is 0. The molecule has 5 heteroatoms. The van der Waals surface area contributed by atoms with E-state index in [1.165, 1.54) is 16.9 Å². The number of amides is 1.